The van der Waals surface area contributed by atoms with Crippen molar-refractivity contribution < 1.29 is 14.4 Å². The van der Waals surface area contributed by atoms with Gasteiger partial charge in [-0.05, 0) is 36.4 Å². The molecule has 4 nitrogen and oxygen atoms in total. The molecule has 2 heterocycles. The van der Waals surface area contributed by atoms with Crippen molar-refractivity contribution in [3.63, 3.8) is 0 Å². The van der Waals surface area contributed by atoms with Gasteiger partial charge in [0.25, 0.3) is 0 Å². The highest BCUT2D eigenvalue weighted by atomic mass is 19.1. The quantitative estimate of drug-likeness (QED) is 0.772. The van der Waals surface area contributed by atoms with Crippen LogP contribution >= 0.6 is 0 Å². The predicted octanol–water partition coefficient (Wildman–Crippen LogP) is 0.0924. The molecule has 1 aromatic rings. The number of nitrogens with zero attached hydrogens (tertiary/aromatic N) is 2. The van der Waals surface area contributed by atoms with Crippen LogP contribution in [-0.4, -0.2) is 61.0 Å². The molecular weight excluding hydrogens is 270 g/mol. The standard InChI is InChI=1S/C15H22BFN2O2/c1-11(17)6-18-7-12-9-19(10-13(12)8-18)15-4-2-14(3-5-15)16(20)21/h2-5,11-13,20-21H,6-10H2,1H3. The summed E-state index contributed by atoms with van der Waals surface area (Å²) in [4.78, 5) is 4.58. The zero-order valence-corrected chi connectivity index (χ0v) is 12.3. The van der Waals surface area contributed by atoms with Crippen molar-refractivity contribution in [2.45, 2.75) is 13.1 Å². The van der Waals surface area contributed by atoms with E-state index in [-0.39, 0.29) is 0 Å². The van der Waals surface area contributed by atoms with Crippen molar-refractivity contribution in [2.75, 3.05) is 37.6 Å². The SMILES string of the molecule is CC(F)CN1CC2CN(c3ccc(B(O)O)cc3)CC2C1. The molecule has 0 aliphatic carbocycles. The fourth-order valence-corrected chi connectivity index (χ4v) is 3.66. The maximum absolute atomic E-state index is 13.1. The minimum absolute atomic E-state index is 0.515. The maximum Gasteiger partial charge on any atom is 0.488 e. The van der Waals surface area contributed by atoms with Gasteiger partial charge in [-0.2, -0.15) is 0 Å². The van der Waals surface area contributed by atoms with Crippen LogP contribution in [0.2, 0.25) is 0 Å². The second-order valence-electron chi connectivity index (χ2n) is 6.39. The number of halogens is 1. The van der Waals surface area contributed by atoms with Crippen LogP contribution in [0.15, 0.2) is 24.3 Å². The van der Waals surface area contributed by atoms with Crippen LogP contribution in [0.4, 0.5) is 10.1 Å². The van der Waals surface area contributed by atoms with E-state index in [1.807, 2.05) is 12.1 Å². The molecule has 21 heavy (non-hydrogen) atoms. The summed E-state index contributed by atoms with van der Waals surface area (Å²) in [6.07, 6.45) is -0.752. The molecule has 3 rings (SSSR count). The lowest BCUT2D eigenvalue weighted by Crippen LogP contribution is -2.32. The number of fused-ring (bicyclic) bond motifs is 1. The molecule has 0 amide bonds. The smallest absolute Gasteiger partial charge is 0.423 e. The third-order valence-corrected chi connectivity index (χ3v) is 4.63. The molecule has 2 aliphatic rings. The van der Waals surface area contributed by atoms with Gasteiger partial charge in [-0.15, -0.1) is 0 Å². The van der Waals surface area contributed by atoms with E-state index < -0.39 is 13.3 Å². The number of alkyl halides is 1. The van der Waals surface area contributed by atoms with Crippen molar-refractivity contribution in [3.05, 3.63) is 24.3 Å². The lowest BCUT2D eigenvalue weighted by atomic mass is 9.80. The Morgan fingerprint density at radius 3 is 2.19 bits per heavy atom. The van der Waals surface area contributed by atoms with E-state index in [0.717, 1.165) is 31.9 Å². The van der Waals surface area contributed by atoms with E-state index in [1.165, 1.54) is 0 Å². The molecule has 0 saturated carbocycles. The summed E-state index contributed by atoms with van der Waals surface area (Å²) in [5.74, 6) is 1.23. The highest BCUT2D eigenvalue weighted by molar-refractivity contribution is 6.58. The second kappa shape index (κ2) is 5.95. The van der Waals surface area contributed by atoms with E-state index in [0.29, 0.717) is 23.8 Å². The van der Waals surface area contributed by atoms with Gasteiger partial charge >= 0.3 is 7.12 Å². The van der Waals surface area contributed by atoms with Crippen molar-refractivity contribution in [1.29, 1.82) is 0 Å². The molecule has 0 spiro atoms. The first-order chi connectivity index (χ1) is 10.0. The number of rotatable bonds is 4. The molecule has 2 aliphatic heterocycles. The molecular formula is C15H22BFN2O2. The predicted molar refractivity (Wildman–Crippen MR) is 82.5 cm³/mol. The molecule has 114 valence electrons. The summed E-state index contributed by atoms with van der Waals surface area (Å²) in [6, 6.07) is 7.39. The first-order valence-corrected chi connectivity index (χ1v) is 7.60. The summed E-state index contributed by atoms with van der Waals surface area (Å²) in [5, 5.41) is 18.2. The monoisotopic (exact) mass is 292 g/mol. The van der Waals surface area contributed by atoms with Crippen molar-refractivity contribution in [1.82, 2.24) is 4.90 Å². The van der Waals surface area contributed by atoms with Gasteiger partial charge in [-0.3, -0.25) is 4.90 Å². The van der Waals surface area contributed by atoms with E-state index in [9.17, 15) is 4.39 Å². The van der Waals surface area contributed by atoms with Crippen LogP contribution in [0, 0.1) is 11.8 Å². The normalized spacial score (nSPS) is 27.0. The highest BCUT2D eigenvalue weighted by Gasteiger charge is 2.40. The topological polar surface area (TPSA) is 46.9 Å². The minimum Gasteiger partial charge on any atom is -0.423 e. The number of hydrogen-bond donors (Lipinski definition) is 2. The van der Waals surface area contributed by atoms with Gasteiger partial charge in [0.15, 0.2) is 0 Å². The number of anilines is 1. The van der Waals surface area contributed by atoms with Crippen LogP contribution in [0.3, 0.4) is 0 Å². The molecule has 3 unspecified atom stereocenters. The Morgan fingerprint density at radius 1 is 1.14 bits per heavy atom. The van der Waals surface area contributed by atoms with Crippen LogP contribution in [0.5, 0.6) is 0 Å². The van der Waals surface area contributed by atoms with Gasteiger partial charge in [0.1, 0.15) is 6.17 Å². The number of likely N-dealkylation sites (tertiary alicyclic amines) is 1. The zero-order valence-electron chi connectivity index (χ0n) is 12.3. The van der Waals surface area contributed by atoms with Crippen LogP contribution in [0.1, 0.15) is 6.92 Å². The summed E-state index contributed by atoms with van der Waals surface area (Å²) in [6.45, 7) is 6.16. The Balaban J connectivity index is 1.59. The van der Waals surface area contributed by atoms with Gasteiger partial charge in [0.05, 0.1) is 0 Å². The van der Waals surface area contributed by atoms with Crippen molar-refractivity contribution in [2.24, 2.45) is 11.8 Å². The third-order valence-electron chi connectivity index (χ3n) is 4.63. The average molecular weight is 292 g/mol. The first-order valence-electron chi connectivity index (χ1n) is 7.60. The molecule has 3 atom stereocenters. The summed E-state index contributed by atoms with van der Waals surface area (Å²) >= 11 is 0. The fourth-order valence-electron chi connectivity index (χ4n) is 3.66. The lowest BCUT2D eigenvalue weighted by Gasteiger charge is -2.23. The molecule has 1 aromatic carbocycles. The Bertz CT molecular complexity index is 469. The molecule has 0 aromatic heterocycles. The Labute approximate surface area is 125 Å². The van der Waals surface area contributed by atoms with Crippen LogP contribution in [0.25, 0.3) is 0 Å². The largest absolute Gasteiger partial charge is 0.488 e. The first kappa shape index (κ1) is 14.8. The Kier molecular flexibility index (Phi) is 4.20. The van der Waals surface area contributed by atoms with Crippen LogP contribution in [-0.2, 0) is 0 Å². The van der Waals surface area contributed by atoms with Crippen molar-refractivity contribution >= 4 is 18.3 Å². The molecule has 6 heteroatoms. The Morgan fingerprint density at radius 2 is 1.71 bits per heavy atom. The van der Waals surface area contributed by atoms with E-state index in [2.05, 4.69) is 9.80 Å². The highest BCUT2D eigenvalue weighted by Crippen LogP contribution is 2.33. The van der Waals surface area contributed by atoms with E-state index in [1.54, 1.807) is 19.1 Å². The van der Waals surface area contributed by atoms with Gasteiger partial charge in [0, 0.05) is 38.4 Å². The summed E-state index contributed by atoms with van der Waals surface area (Å²) in [5.41, 5.74) is 1.64. The second-order valence-corrected chi connectivity index (χ2v) is 6.39. The van der Waals surface area contributed by atoms with Gasteiger partial charge in [-0.1, -0.05) is 12.1 Å². The van der Waals surface area contributed by atoms with E-state index in [4.69, 9.17) is 10.0 Å². The van der Waals surface area contributed by atoms with Crippen molar-refractivity contribution in [3.8, 4) is 0 Å². The molecule has 0 radical (unpaired) electrons. The minimum atomic E-state index is -1.41. The van der Waals surface area contributed by atoms with E-state index >= 15 is 0 Å². The zero-order chi connectivity index (χ0) is 15.0. The number of benzene rings is 1. The molecule has 0 bridgehead atoms. The summed E-state index contributed by atoms with van der Waals surface area (Å²) < 4.78 is 13.1. The Hall–Kier alpha value is -1.11. The van der Waals surface area contributed by atoms with Gasteiger partial charge in [-0.25, -0.2) is 4.39 Å². The van der Waals surface area contributed by atoms with Gasteiger partial charge in [0.2, 0.25) is 0 Å². The molecule has 2 saturated heterocycles. The average Bonchev–Trinajstić information content (AvgIpc) is 2.96. The maximum atomic E-state index is 13.1. The summed E-state index contributed by atoms with van der Waals surface area (Å²) in [7, 11) is -1.41. The van der Waals surface area contributed by atoms with Crippen LogP contribution < -0.4 is 10.4 Å². The number of hydrogen-bond acceptors (Lipinski definition) is 4. The van der Waals surface area contributed by atoms with Gasteiger partial charge < -0.3 is 14.9 Å². The fraction of sp³-hybridized carbons (Fsp3) is 0.600. The lowest BCUT2D eigenvalue weighted by molar-refractivity contribution is 0.225. The molecule has 2 fully saturated rings. The molecule has 2 N–H and O–H groups in total. The third kappa shape index (κ3) is 3.22.